The number of halogens is 1. The Balaban J connectivity index is 1.57. The number of benzene rings is 1. The Morgan fingerprint density at radius 1 is 1.20 bits per heavy atom. The number of nitrogens with zero attached hydrogens (tertiary/aromatic N) is 2. The maximum absolute atomic E-state index is 11.8. The first-order valence-corrected chi connectivity index (χ1v) is 7.89. The minimum Gasteiger partial charge on any atom is -0.466 e. The zero-order chi connectivity index (χ0) is 17.8. The van der Waals surface area contributed by atoms with Gasteiger partial charge < -0.3 is 13.6 Å². The van der Waals surface area contributed by atoms with Crippen molar-refractivity contribution in [3.8, 4) is 11.5 Å². The quantitative estimate of drug-likeness (QED) is 0.498. The Morgan fingerprint density at radius 2 is 1.96 bits per heavy atom. The molecule has 0 unspecified atom stereocenters. The lowest BCUT2D eigenvalue weighted by Gasteiger charge is -1.97. The van der Waals surface area contributed by atoms with Gasteiger partial charge in [-0.25, -0.2) is 4.79 Å². The van der Waals surface area contributed by atoms with Crippen LogP contribution < -0.4 is 0 Å². The largest absolute Gasteiger partial charge is 0.466 e. The van der Waals surface area contributed by atoms with Gasteiger partial charge in [-0.15, -0.1) is 10.2 Å². The summed E-state index contributed by atoms with van der Waals surface area (Å²) in [4.78, 5) is 11.8. The first-order valence-electron chi connectivity index (χ1n) is 7.51. The molecule has 3 rings (SSSR count). The predicted molar refractivity (Wildman–Crippen MR) is 91.8 cm³/mol. The zero-order valence-electron chi connectivity index (χ0n) is 13.7. The summed E-state index contributed by atoms with van der Waals surface area (Å²) in [6.07, 6.45) is 2.96. The van der Waals surface area contributed by atoms with E-state index in [-0.39, 0.29) is 12.5 Å². The van der Waals surface area contributed by atoms with E-state index < -0.39 is 5.97 Å². The highest BCUT2D eigenvalue weighted by atomic mass is 35.5. The maximum atomic E-state index is 11.8. The number of esters is 1. The fourth-order valence-corrected chi connectivity index (χ4v) is 2.31. The molecule has 2 heterocycles. The molecule has 0 saturated heterocycles. The SMILES string of the molecule is Cc1cc(-c2nnc(COC(=O)/C=C/c3ccc(Cl)cc3)o2)c(C)o1. The van der Waals surface area contributed by atoms with Crippen molar-refractivity contribution in [1.29, 1.82) is 0 Å². The molecule has 0 aliphatic rings. The summed E-state index contributed by atoms with van der Waals surface area (Å²) in [7, 11) is 0. The number of aryl methyl sites for hydroxylation is 2. The van der Waals surface area contributed by atoms with Crippen molar-refractivity contribution < 1.29 is 18.4 Å². The van der Waals surface area contributed by atoms with Crippen LogP contribution in [0.15, 0.2) is 45.2 Å². The van der Waals surface area contributed by atoms with Crippen molar-refractivity contribution >= 4 is 23.6 Å². The molecule has 0 amide bonds. The number of furan rings is 1. The van der Waals surface area contributed by atoms with E-state index in [2.05, 4.69) is 10.2 Å². The van der Waals surface area contributed by atoms with Crippen LogP contribution in [0.4, 0.5) is 0 Å². The van der Waals surface area contributed by atoms with Crippen LogP contribution >= 0.6 is 11.6 Å². The van der Waals surface area contributed by atoms with Gasteiger partial charge in [0.1, 0.15) is 11.5 Å². The summed E-state index contributed by atoms with van der Waals surface area (Å²) >= 11 is 5.80. The first-order chi connectivity index (χ1) is 12.0. The fourth-order valence-electron chi connectivity index (χ4n) is 2.18. The van der Waals surface area contributed by atoms with E-state index in [0.717, 1.165) is 16.9 Å². The molecule has 128 valence electrons. The second-order valence-corrected chi connectivity index (χ2v) is 5.76. The lowest BCUT2D eigenvalue weighted by atomic mass is 10.2. The third kappa shape index (κ3) is 4.36. The van der Waals surface area contributed by atoms with Gasteiger partial charge in [-0.05, 0) is 43.7 Å². The molecule has 0 saturated carbocycles. The summed E-state index contributed by atoms with van der Waals surface area (Å²) in [6, 6.07) is 8.89. The second-order valence-electron chi connectivity index (χ2n) is 5.32. The molecule has 0 atom stereocenters. The van der Waals surface area contributed by atoms with Gasteiger partial charge in [0.05, 0.1) is 5.56 Å². The van der Waals surface area contributed by atoms with Crippen LogP contribution in [0.5, 0.6) is 0 Å². The van der Waals surface area contributed by atoms with Crippen LogP contribution in [0.3, 0.4) is 0 Å². The number of hydrogen-bond acceptors (Lipinski definition) is 6. The van der Waals surface area contributed by atoms with Crippen molar-refractivity contribution in [2.45, 2.75) is 20.5 Å². The summed E-state index contributed by atoms with van der Waals surface area (Å²) in [5.74, 6) is 1.48. The topological polar surface area (TPSA) is 78.4 Å². The molecule has 25 heavy (non-hydrogen) atoms. The minimum absolute atomic E-state index is 0.104. The normalized spacial score (nSPS) is 11.2. The number of aromatic nitrogens is 2. The minimum atomic E-state index is -0.509. The number of hydrogen-bond donors (Lipinski definition) is 0. The molecule has 2 aromatic heterocycles. The highest BCUT2D eigenvalue weighted by Crippen LogP contribution is 2.25. The molecular formula is C18H15ClN2O4. The van der Waals surface area contributed by atoms with Gasteiger partial charge in [-0.3, -0.25) is 0 Å². The molecule has 0 spiro atoms. The number of ether oxygens (including phenoxy) is 1. The van der Waals surface area contributed by atoms with Crippen LogP contribution in [0.1, 0.15) is 23.0 Å². The molecule has 7 heteroatoms. The molecule has 0 fully saturated rings. The molecule has 6 nitrogen and oxygen atoms in total. The van der Waals surface area contributed by atoms with E-state index in [1.807, 2.05) is 19.9 Å². The van der Waals surface area contributed by atoms with Gasteiger partial charge in [-0.1, -0.05) is 23.7 Å². The molecule has 0 N–H and O–H groups in total. The fraction of sp³-hybridized carbons (Fsp3) is 0.167. The second kappa shape index (κ2) is 7.36. The number of carbonyl (C=O) groups is 1. The van der Waals surface area contributed by atoms with Crippen molar-refractivity contribution in [2.75, 3.05) is 0 Å². The zero-order valence-corrected chi connectivity index (χ0v) is 14.4. The third-order valence-electron chi connectivity index (χ3n) is 3.36. The van der Waals surface area contributed by atoms with Crippen LogP contribution in [0.25, 0.3) is 17.5 Å². The lowest BCUT2D eigenvalue weighted by Crippen LogP contribution is -2.00. The highest BCUT2D eigenvalue weighted by molar-refractivity contribution is 6.30. The van der Waals surface area contributed by atoms with Crippen LogP contribution in [-0.4, -0.2) is 16.2 Å². The smallest absolute Gasteiger partial charge is 0.331 e. The van der Waals surface area contributed by atoms with E-state index in [1.54, 1.807) is 30.3 Å². The van der Waals surface area contributed by atoms with Crippen molar-refractivity contribution in [2.24, 2.45) is 0 Å². The third-order valence-corrected chi connectivity index (χ3v) is 3.61. The summed E-state index contributed by atoms with van der Waals surface area (Å²) < 4.78 is 16.0. The monoisotopic (exact) mass is 358 g/mol. The van der Waals surface area contributed by atoms with Crippen LogP contribution in [0.2, 0.25) is 5.02 Å². The predicted octanol–water partition coefficient (Wildman–Crippen LogP) is 4.36. The molecule has 0 bridgehead atoms. The van der Waals surface area contributed by atoms with E-state index in [9.17, 15) is 4.79 Å². The standard InChI is InChI=1S/C18H15ClN2O4/c1-11-9-15(12(2)24-11)18-21-20-16(25-18)10-23-17(22)8-5-13-3-6-14(19)7-4-13/h3-9H,10H2,1-2H3/b8-5+. The van der Waals surface area contributed by atoms with Crippen LogP contribution in [-0.2, 0) is 16.1 Å². The Morgan fingerprint density at radius 3 is 2.64 bits per heavy atom. The number of rotatable bonds is 5. The summed E-state index contributed by atoms with van der Waals surface area (Å²) in [5.41, 5.74) is 1.57. The van der Waals surface area contributed by atoms with E-state index >= 15 is 0 Å². The lowest BCUT2D eigenvalue weighted by molar-refractivity contribution is -0.139. The Labute approximate surface area is 149 Å². The number of carbonyl (C=O) groups excluding carboxylic acids is 1. The maximum Gasteiger partial charge on any atom is 0.331 e. The van der Waals surface area contributed by atoms with Crippen molar-refractivity contribution in [3.63, 3.8) is 0 Å². The average molecular weight is 359 g/mol. The molecule has 3 aromatic rings. The van der Waals surface area contributed by atoms with Gasteiger partial charge in [0.15, 0.2) is 6.61 Å². The Kier molecular flexibility index (Phi) is 5.00. The molecule has 0 aliphatic carbocycles. The van der Waals surface area contributed by atoms with E-state index in [0.29, 0.717) is 16.7 Å². The summed E-state index contributed by atoms with van der Waals surface area (Å²) in [5, 5.41) is 8.44. The van der Waals surface area contributed by atoms with Gasteiger partial charge in [0.25, 0.3) is 11.8 Å². The van der Waals surface area contributed by atoms with Gasteiger partial charge in [0.2, 0.25) is 0 Å². The highest BCUT2D eigenvalue weighted by Gasteiger charge is 2.15. The van der Waals surface area contributed by atoms with Gasteiger partial charge in [-0.2, -0.15) is 0 Å². The van der Waals surface area contributed by atoms with Crippen molar-refractivity contribution in [3.05, 3.63) is 64.4 Å². The average Bonchev–Trinajstić information content (AvgIpc) is 3.18. The molecule has 0 radical (unpaired) electrons. The van der Waals surface area contributed by atoms with Crippen molar-refractivity contribution in [1.82, 2.24) is 10.2 Å². The van der Waals surface area contributed by atoms with Gasteiger partial charge in [0, 0.05) is 11.1 Å². The molecular weight excluding hydrogens is 344 g/mol. The van der Waals surface area contributed by atoms with E-state index in [1.165, 1.54) is 6.08 Å². The first kappa shape index (κ1) is 17.0. The summed E-state index contributed by atoms with van der Waals surface area (Å²) in [6.45, 7) is 3.54. The Bertz CT molecular complexity index is 910. The van der Waals surface area contributed by atoms with Gasteiger partial charge >= 0.3 is 5.97 Å². The Hall–Kier alpha value is -2.86. The van der Waals surface area contributed by atoms with Crippen LogP contribution in [0, 0.1) is 13.8 Å². The van der Waals surface area contributed by atoms with E-state index in [4.69, 9.17) is 25.2 Å². The molecule has 1 aromatic carbocycles. The molecule has 0 aliphatic heterocycles.